The monoisotopic (exact) mass is 388 g/mol. The van der Waals surface area contributed by atoms with Crippen LogP contribution in [0.3, 0.4) is 0 Å². The lowest BCUT2D eigenvalue weighted by atomic mass is 10.0. The molecule has 1 aromatic heterocycles. The predicted octanol–water partition coefficient (Wildman–Crippen LogP) is 4.37. The van der Waals surface area contributed by atoms with Crippen LogP contribution in [-0.4, -0.2) is 46.2 Å². The minimum atomic E-state index is -0.499. The first-order valence-electron chi connectivity index (χ1n) is 10.8. The van der Waals surface area contributed by atoms with Gasteiger partial charge in [-0.05, 0) is 60.9 Å². The summed E-state index contributed by atoms with van der Waals surface area (Å²) < 4.78 is 0. The maximum absolute atomic E-state index is 10.6. The van der Waals surface area contributed by atoms with E-state index in [0.717, 1.165) is 59.7 Å². The maximum atomic E-state index is 10.6. The van der Waals surface area contributed by atoms with E-state index in [9.17, 15) is 5.11 Å². The van der Waals surface area contributed by atoms with Gasteiger partial charge in [-0.15, -0.1) is 0 Å². The average molecular weight is 389 g/mol. The summed E-state index contributed by atoms with van der Waals surface area (Å²) in [6.45, 7) is 4.10. The van der Waals surface area contributed by atoms with Gasteiger partial charge in [0, 0.05) is 26.2 Å². The lowest BCUT2D eigenvalue weighted by molar-refractivity contribution is 0.0190. The van der Waals surface area contributed by atoms with Crippen LogP contribution >= 0.6 is 0 Å². The fourth-order valence-corrected chi connectivity index (χ4v) is 4.50. The fraction of sp³-hybridized carbons (Fsp3) is 0.417. The number of aliphatic hydroxyl groups is 1. The minimum Gasteiger partial charge on any atom is -0.374 e. The van der Waals surface area contributed by atoms with Crippen LogP contribution in [0.25, 0.3) is 22.2 Å². The van der Waals surface area contributed by atoms with Crippen LogP contribution in [0.2, 0.25) is 0 Å². The Bertz CT molecular complexity index is 976. The quantitative estimate of drug-likeness (QED) is 0.719. The van der Waals surface area contributed by atoms with Gasteiger partial charge in [0.25, 0.3) is 0 Å². The summed E-state index contributed by atoms with van der Waals surface area (Å²) in [6.07, 6.45) is 7.52. The molecular formula is C24H28N4O. The molecule has 5 heteroatoms. The van der Waals surface area contributed by atoms with Crippen molar-refractivity contribution in [3.05, 3.63) is 54.2 Å². The molecule has 5 nitrogen and oxygen atoms in total. The molecule has 2 fully saturated rings. The molecule has 2 saturated heterocycles. The van der Waals surface area contributed by atoms with Crippen molar-refractivity contribution in [3.63, 3.8) is 0 Å². The zero-order valence-corrected chi connectivity index (χ0v) is 16.8. The minimum absolute atomic E-state index is 0.499. The van der Waals surface area contributed by atoms with E-state index in [1.165, 1.54) is 32.1 Å². The van der Waals surface area contributed by atoms with Crippen molar-refractivity contribution < 1.29 is 5.11 Å². The second kappa shape index (κ2) is 8.09. The summed E-state index contributed by atoms with van der Waals surface area (Å²) in [5.41, 5.74) is 5.09. The molecule has 0 amide bonds. The molecule has 29 heavy (non-hydrogen) atoms. The molecule has 1 unspecified atom stereocenters. The van der Waals surface area contributed by atoms with Crippen molar-refractivity contribution in [2.45, 2.75) is 38.3 Å². The van der Waals surface area contributed by atoms with Crippen LogP contribution in [-0.2, 0) is 0 Å². The summed E-state index contributed by atoms with van der Waals surface area (Å²) in [5.74, 6) is 0.985. The highest BCUT2D eigenvalue weighted by molar-refractivity contribution is 5.82. The largest absolute Gasteiger partial charge is 0.374 e. The Morgan fingerprint density at radius 1 is 0.759 bits per heavy atom. The third kappa shape index (κ3) is 3.85. The summed E-state index contributed by atoms with van der Waals surface area (Å²) in [6, 6.07) is 14.5. The lowest BCUT2D eigenvalue weighted by Crippen LogP contribution is -2.30. The number of likely N-dealkylation sites (tertiary alicyclic amines) is 1. The topological polar surface area (TPSA) is 52.5 Å². The van der Waals surface area contributed by atoms with E-state index in [0.29, 0.717) is 0 Å². The number of nitrogens with zero attached hydrogens (tertiary/aromatic N) is 4. The van der Waals surface area contributed by atoms with Gasteiger partial charge >= 0.3 is 0 Å². The van der Waals surface area contributed by atoms with Crippen molar-refractivity contribution in [1.29, 1.82) is 0 Å². The molecule has 2 aliphatic rings. The van der Waals surface area contributed by atoms with Crippen LogP contribution in [0.4, 0.5) is 5.82 Å². The first-order chi connectivity index (χ1) is 14.3. The van der Waals surface area contributed by atoms with E-state index >= 15 is 0 Å². The Balaban J connectivity index is 1.40. The van der Waals surface area contributed by atoms with Crippen molar-refractivity contribution in [2.75, 3.05) is 31.1 Å². The number of piperidine rings is 1. The van der Waals surface area contributed by atoms with Crippen molar-refractivity contribution >= 4 is 16.9 Å². The molecule has 150 valence electrons. The highest BCUT2D eigenvalue weighted by atomic mass is 16.3. The van der Waals surface area contributed by atoms with E-state index < -0.39 is 6.23 Å². The number of fused-ring (bicyclic) bond motifs is 1. The normalized spacial score (nSPS) is 19.0. The number of hydrogen-bond donors (Lipinski definition) is 1. The zero-order valence-electron chi connectivity index (χ0n) is 16.8. The van der Waals surface area contributed by atoms with Gasteiger partial charge in [-0.3, -0.25) is 9.88 Å². The van der Waals surface area contributed by atoms with Gasteiger partial charge in [0.05, 0.1) is 17.2 Å². The lowest BCUT2D eigenvalue weighted by Gasteiger charge is -2.27. The van der Waals surface area contributed by atoms with Crippen molar-refractivity contribution in [3.8, 4) is 11.1 Å². The first-order valence-corrected chi connectivity index (χ1v) is 10.8. The molecule has 3 heterocycles. The summed E-state index contributed by atoms with van der Waals surface area (Å²) >= 11 is 0. The smallest absolute Gasteiger partial charge is 0.147 e. The van der Waals surface area contributed by atoms with Gasteiger partial charge in [-0.2, -0.15) is 0 Å². The van der Waals surface area contributed by atoms with Crippen LogP contribution in [0.1, 0.15) is 43.9 Å². The van der Waals surface area contributed by atoms with Gasteiger partial charge in [0.1, 0.15) is 12.0 Å². The Morgan fingerprint density at radius 3 is 2.21 bits per heavy atom. The Morgan fingerprint density at radius 2 is 1.45 bits per heavy atom. The highest BCUT2D eigenvalue weighted by Gasteiger charge is 2.21. The first kappa shape index (κ1) is 18.5. The van der Waals surface area contributed by atoms with Gasteiger partial charge < -0.3 is 10.0 Å². The molecule has 2 aliphatic heterocycles. The van der Waals surface area contributed by atoms with Crippen molar-refractivity contribution in [2.24, 2.45) is 0 Å². The van der Waals surface area contributed by atoms with Gasteiger partial charge in [-0.1, -0.05) is 30.3 Å². The molecule has 0 spiro atoms. The second-order valence-corrected chi connectivity index (χ2v) is 8.22. The van der Waals surface area contributed by atoms with Crippen LogP contribution in [0.5, 0.6) is 0 Å². The standard InChI is InChI=1S/C24H28N4O/c29-24(28-14-4-5-15-28)19-8-6-18(7-9-19)20-10-11-21-22(16-20)26-23(17-25-21)27-12-2-1-3-13-27/h6-11,16-17,24,29H,1-5,12-15H2. The fourth-order valence-electron chi connectivity index (χ4n) is 4.50. The average Bonchev–Trinajstić information content (AvgIpc) is 3.33. The summed E-state index contributed by atoms with van der Waals surface area (Å²) in [5, 5.41) is 10.6. The summed E-state index contributed by atoms with van der Waals surface area (Å²) in [4.78, 5) is 14.0. The van der Waals surface area contributed by atoms with Gasteiger partial charge in [0.15, 0.2) is 0 Å². The van der Waals surface area contributed by atoms with E-state index in [1.807, 2.05) is 24.4 Å². The van der Waals surface area contributed by atoms with Crippen LogP contribution in [0.15, 0.2) is 48.7 Å². The zero-order chi connectivity index (χ0) is 19.6. The molecule has 5 rings (SSSR count). The number of hydrogen-bond acceptors (Lipinski definition) is 5. The van der Waals surface area contributed by atoms with E-state index in [4.69, 9.17) is 4.98 Å². The number of benzene rings is 2. The van der Waals surface area contributed by atoms with E-state index in [2.05, 4.69) is 39.0 Å². The van der Waals surface area contributed by atoms with Crippen LogP contribution in [0, 0.1) is 0 Å². The Labute approximate surface area is 172 Å². The molecule has 2 aromatic carbocycles. The van der Waals surface area contributed by atoms with Crippen molar-refractivity contribution in [1.82, 2.24) is 14.9 Å². The molecule has 1 atom stereocenters. The third-order valence-electron chi connectivity index (χ3n) is 6.24. The Kier molecular flexibility index (Phi) is 5.17. The molecule has 0 aliphatic carbocycles. The maximum Gasteiger partial charge on any atom is 0.147 e. The summed E-state index contributed by atoms with van der Waals surface area (Å²) in [7, 11) is 0. The van der Waals surface area contributed by atoms with Gasteiger partial charge in [0.2, 0.25) is 0 Å². The van der Waals surface area contributed by atoms with Crippen LogP contribution < -0.4 is 4.90 Å². The molecule has 1 N–H and O–H groups in total. The van der Waals surface area contributed by atoms with E-state index in [1.54, 1.807) is 0 Å². The highest BCUT2D eigenvalue weighted by Crippen LogP contribution is 2.28. The van der Waals surface area contributed by atoms with Gasteiger partial charge in [-0.25, -0.2) is 4.98 Å². The SMILES string of the molecule is OC(c1ccc(-c2ccc3ncc(N4CCCCC4)nc3c2)cc1)N1CCCC1. The molecule has 0 bridgehead atoms. The predicted molar refractivity (Wildman–Crippen MR) is 117 cm³/mol. The Hall–Kier alpha value is -2.50. The molecule has 3 aromatic rings. The molecule has 0 radical (unpaired) electrons. The second-order valence-electron chi connectivity index (χ2n) is 8.22. The van der Waals surface area contributed by atoms with E-state index in [-0.39, 0.29) is 0 Å². The number of aromatic nitrogens is 2. The third-order valence-corrected chi connectivity index (χ3v) is 6.24. The number of aliphatic hydroxyl groups excluding tert-OH is 1. The number of anilines is 1. The number of rotatable bonds is 4. The molecule has 0 saturated carbocycles. The molecular weight excluding hydrogens is 360 g/mol.